The lowest BCUT2D eigenvalue weighted by molar-refractivity contribution is -0.127. The molecule has 0 spiro atoms. The lowest BCUT2D eigenvalue weighted by Gasteiger charge is -2.08. The minimum absolute atomic E-state index is 0.168. The fourth-order valence-electron chi connectivity index (χ4n) is 1.54. The van der Waals surface area contributed by atoms with Crippen LogP contribution in [0.3, 0.4) is 0 Å². The normalized spacial score (nSPS) is 12.0. The molecule has 0 amide bonds. The lowest BCUT2D eigenvalue weighted by atomic mass is 10.1. The average Bonchev–Trinajstić information content (AvgIpc) is 2.17. The molecule has 84 valence electrons. The van der Waals surface area contributed by atoms with Gasteiger partial charge in [-0.2, -0.15) is 13.2 Å². The number of para-hydroxylation sites is 1. The van der Waals surface area contributed by atoms with Crippen molar-refractivity contribution in [3.05, 3.63) is 35.7 Å². The first kappa shape index (κ1) is 10.9. The number of hydrogen-bond donors (Lipinski definition) is 0. The molecule has 0 saturated heterocycles. The van der Waals surface area contributed by atoms with E-state index >= 15 is 0 Å². The molecule has 0 unspecified atom stereocenters. The highest BCUT2D eigenvalue weighted by atomic mass is 19.4. The third-order valence-electron chi connectivity index (χ3n) is 2.17. The first-order chi connectivity index (χ1) is 7.46. The Morgan fingerprint density at radius 3 is 2.69 bits per heavy atom. The number of aromatic nitrogens is 2. The Morgan fingerprint density at radius 2 is 2.00 bits per heavy atom. The number of nitrogens with zero attached hydrogens (tertiary/aromatic N) is 2. The van der Waals surface area contributed by atoms with Crippen LogP contribution >= 0.6 is 0 Å². The summed E-state index contributed by atoms with van der Waals surface area (Å²) in [5.74, 6) is 0. The van der Waals surface area contributed by atoms with Crippen molar-refractivity contribution in [2.24, 2.45) is 0 Å². The Balaban J connectivity index is 2.56. The Morgan fingerprint density at radius 1 is 1.25 bits per heavy atom. The fourth-order valence-corrected chi connectivity index (χ4v) is 1.54. The molecule has 0 aliphatic heterocycles. The summed E-state index contributed by atoms with van der Waals surface area (Å²) < 4.78 is 37.0. The van der Waals surface area contributed by atoms with Gasteiger partial charge in [-0.15, -0.1) is 0 Å². The molecule has 0 radical (unpaired) electrons. The quantitative estimate of drug-likeness (QED) is 0.746. The van der Waals surface area contributed by atoms with E-state index in [-0.39, 0.29) is 5.56 Å². The van der Waals surface area contributed by atoms with E-state index in [4.69, 9.17) is 0 Å². The summed E-state index contributed by atoms with van der Waals surface area (Å²) in [6.07, 6.45) is -3.65. The number of hydrogen-bond acceptors (Lipinski definition) is 2. The van der Waals surface area contributed by atoms with E-state index in [9.17, 15) is 13.2 Å². The summed E-state index contributed by atoms with van der Waals surface area (Å²) in [4.78, 5) is 8.14. The lowest BCUT2D eigenvalue weighted by Crippen LogP contribution is -2.12. The number of aryl methyl sites for hydroxylation is 1. The summed E-state index contributed by atoms with van der Waals surface area (Å²) >= 11 is 0. The Labute approximate surface area is 90.1 Å². The second-order valence-corrected chi connectivity index (χ2v) is 3.59. The minimum Gasteiger partial charge on any atom is -0.253 e. The molecular weight excluding hydrogens is 217 g/mol. The van der Waals surface area contributed by atoms with Crippen LogP contribution in [0.1, 0.15) is 11.3 Å². The van der Waals surface area contributed by atoms with Gasteiger partial charge in [-0.05, 0) is 18.6 Å². The molecule has 0 aliphatic carbocycles. The monoisotopic (exact) mass is 226 g/mol. The van der Waals surface area contributed by atoms with E-state index in [0.717, 1.165) is 0 Å². The second kappa shape index (κ2) is 3.73. The van der Waals surface area contributed by atoms with Crippen LogP contribution in [-0.4, -0.2) is 16.1 Å². The summed E-state index contributed by atoms with van der Waals surface area (Å²) in [5.41, 5.74) is 1.61. The van der Waals surface area contributed by atoms with Gasteiger partial charge in [-0.1, -0.05) is 12.1 Å². The van der Waals surface area contributed by atoms with Crippen LogP contribution < -0.4 is 0 Å². The molecule has 2 nitrogen and oxygen atoms in total. The molecule has 0 atom stereocenters. The highest BCUT2D eigenvalue weighted by Gasteiger charge is 2.28. The van der Waals surface area contributed by atoms with Gasteiger partial charge in [0.2, 0.25) is 0 Å². The maximum Gasteiger partial charge on any atom is 0.393 e. The predicted octanol–water partition coefficient (Wildman–Crippen LogP) is 3.04. The highest BCUT2D eigenvalue weighted by molar-refractivity contribution is 5.77. The highest BCUT2D eigenvalue weighted by Crippen LogP contribution is 2.25. The van der Waals surface area contributed by atoms with Gasteiger partial charge in [-0.25, -0.2) is 4.98 Å². The van der Waals surface area contributed by atoms with Crippen LogP contribution in [0.4, 0.5) is 13.2 Å². The van der Waals surface area contributed by atoms with E-state index in [0.29, 0.717) is 16.7 Å². The minimum atomic E-state index is -4.22. The number of fused-ring (bicyclic) bond motifs is 1. The van der Waals surface area contributed by atoms with Crippen LogP contribution in [0.2, 0.25) is 0 Å². The number of alkyl halides is 3. The van der Waals surface area contributed by atoms with E-state index in [1.165, 1.54) is 6.07 Å². The van der Waals surface area contributed by atoms with Gasteiger partial charge in [0.1, 0.15) is 0 Å². The van der Waals surface area contributed by atoms with Gasteiger partial charge in [0, 0.05) is 6.20 Å². The summed E-state index contributed by atoms with van der Waals surface area (Å²) in [6.45, 7) is 1.71. The fraction of sp³-hybridized carbons (Fsp3) is 0.273. The van der Waals surface area contributed by atoms with Crippen LogP contribution in [0.25, 0.3) is 11.0 Å². The predicted molar refractivity (Wildman–Crippen MR) is 54.0 cm³/mol. The van der Waals surface area contributed by atoms with Crippen molar-refractivity contribution in [1.29, 1.82) is 0 Å². The third-order valence-corrected chi connectivity index (χ3v) is 2.17. The molecule has 0 N–H and O–H groups in total. The average molecular weight is 226 g/mol. The molecule has 2 aromatic rings. The van der Waals surface area contributed by atoms with E-state index in [2.05, 4.69) is 9.97 Å². The first-order valence-corrected chi connectivity index (χ1v) is 4.74. The first-order valence-electron chi connectivity index (χ1n) is 4.74. The summed E-state index contributed by atoms with van der Waals surface area (Å²) in [5, 5.41) is 0. The molecule has 1 aromatic carbocycles. The second-order valence-electron chi connectivity index (χ2n) is 3.59. The Bertz CT molecular complexity index is 520. The molecular formula is C11H9F3N2. The van der Waals surface area contributed by atoms with Gasteiger partial charge in [0.25, 0.3) is 0 Å². The van der Waals surface area contributed by atoms with Crippen molar-refractivity contribution in [3.8, 4) is 0 Å². The zero-order valence-electron chi connectivity index (χ0n) is 8.54. The van der Waals surface area contributed by atoms with E-state index in [1.54, 1.807) is 25.3 Å². The van der Waals surface area contributed by atoms with Crippen LogP contribution in [0.5, 0.6) is 0 Å². The standard InChI is InChI=1S/C11H9F3N2/c1-7-6-15-9-4-2-3-8(10(9)16-7)5-11(12,13)14/h2-4,6H,5H2,1H3. The zero-order valence-corrected chi connectivity index (χ0v) is 8.54. The molecule has 5 heteroatoms. The summed E-state index contributed by atoms with van der Waals surface area (Å²) in [7, 11) is 0. The van der Waals surface area contributed by atoms with Crippen molar-refractivity contribution < 1.29 is 13.2 Å². The third kappa shape index (κ3) is 2.29. The van der Waals surface area contributed by atoms with Gasteiger partial charge < -0.3 is 0 Å². The van der Waals surface area contributed by atoms with Crippen LogP contribution in [0, 0.1) is 6.92 Å². The van der Waals surface area contributed by atoms with Gasteiger partial charge in [0.15, 0.2) is 0 Å². The summed E-state index contributed by atoms with van der Waals surface area (Å²) in [6, 6.07) is 4.65. The van der Waals surface area contributed by atoms with Gasteiger partial charge >= 0.3 is 6.18 Å². The molecule has 0 aliphatic rings. The molecule has 0 saturated carbocycles. The Kier molecular flexibility index (Phi) is 2.53. The molecule has 1 heterocycles. The molecule has 0 fully saturated rings. The van der Waals surface area contributed by atoms with Crippen molar-refractivity contribution in [2.45, 2.75) is 19.5 Å². The van der Waals surface area contributed by atoms with Gasteiger partial charge in [0.05, 0.1) is 23.1 Å². The topological polar surface area (TPSA) is 25.8 Å². The van der Waals surface area contributed by atoms with Crippen molar-refractivity contribution in [2.75, 3.05) is 0 Å². The van der Waals surface area contributed by atoms with Crippen molar-refractivity contribution in [3.63, 3.8) is 0 Å². The smallest absolute Gasteiger partial charge is 0.253 e. The number of halogens is 3. The van der Waals surface area contributed by atoms with Crippen LogP contribution in [0.15, 0.2) is 24.4 Å². The largest absolute Gasteiger partial charge is 0.393 e. The van der Waals surface area contributed by atoms with Crippen LogP contribution in [-0.2, 0) is 6.42 Å². The molecule has 0 bridgehead atoms. The molecule has 2 rings (SSSR count). The Hall–Kier alpha value is -1.65. The SMILES string of the molecule is Cc1cnc2cccc(CC(F)(F)F)c2n1. The molecule has 16 heavy (non-hydrogen) atoms. The van der Waals surface area contributed by atoms with E-state index in [1.807, 2.05) is 0 Å². The zero-order chi connectivity index (χ0) is 11.8. The molecule has 1 aromatic heterocycles. The maximum absolute atomic E-state index is 12.3. The van der Waals surface area contributed by atoms with E-state index < -0.39 is 12.6 Å². The number of benzene rings is 1. The maximum atomic E-state index is 12.3. The van der Waals surface area contributed by atoms with Gasteiger partial charge in [-0.3, -0.25) is 4.98 Å². The van der Waals surface area contributed by atoms with Crippen molar-refractivity contribution >= 4 is 11.0 Å². The number of rotatable bonds is 1. The van der Waals surface area contributed by atoms with Crippen molar-refractivity contribution in [1.82, 2.24) is 9.97 Å².